The van der Waals surface area contributed by atoms with Gasteiger partial charge in [0.05, 0.1) is 0 Å². The van der Waals surface area contributed by atoms with Crippen LogP contribution >= 0.6 is 27.7 Å². The fraction of sp³-hybridized carbons (Fsp3) is 0.750. The maximum atomic E-state index is 4.81. The molecule has 1 heterocycles. The highest BCUT2D eigenvalue weighted by Crippen LogP contribution is 2.22. The Hall–Kier alpha value is 0.300. The molecule has 1 unspecified atom stereocenters. The van der Waals surface area contributed by atoms with E-state index in [2.05, 4.69) is 21.1 Å². The maximum absolute atomic E-state index is 4.81. The first-order valence-corrected chi connectivity index (χ1v) is 4.06. The Morgan fingerprint density at radius 3 is 3.12 bits per heavy atom. The predicted molar refractivity (Wildman–Crippen MR) is 39.4 cm³/mol. The van der Waals surface area contributed by atoms with Gasteiger partial charge in [0.2, 0.25) is 0 Å². The Bertz CT molecular complexity index is 117. The van der Waals surface area contributed by atoms with Gasteiger partial charge in [0, 0.05) is 0 Å². The molecule has 1 aliphatic heterocycles. The normalized spacial score (nSPS) is 28.8. The second kappa shape index (κ2) is 2.73. The molecule has 0 bridgehead atoms. The highest BCUT2D eigenvalue weighted by molar-refractivity contribution is 9.11. The minimum Gasteiger partial charge on any atom is -0.393 e. The molecule has 0 aromatic heterocycles. The van der Waals surface area contributed by atoms with Gasteiger partial charge in [-0.2, -0.15) is 0 Å². The van der Waals surface area contributed by atoms with Gasteiger partial charge in [0.15, 0.2) is 0 Å². The van der Waals surface area contributed by atoms with E-state index in [0.29, 0.717) is 10.8 Å². The van der Waals surface area contributed by atoms with E-state index in [1.165, 1.54) is 0 Å². The zero-order chi connectivity index (χ0) is 5.98. The van der Waals surface area contributed by atoms with E-state index in [1.807, 2.05) is 6.92 Å². The third-order valence-corrected chi connectivity index (χ3v) is 2.33. The standard InChI is InChI=1S/C4H6BrNOS/c1-3-6-7-2-4(5)8-3/h4H,2H2,1H3. The zero-order valence-corrected chi connectivity index (χ0v) is 6.83. The second-order valence-electron chi connectivity index (χ2n) is 1.43. The fourth-order valence-electron chi connectivity index (χ4n) is 0.427. The van der Waals surface area contributed by atoms with Crippen LogP contribution in [-0.4, -0.2) is 15.8 Å². The van der Waals surface area contributed by atoms with Crippen molar-refractivity contribution in [3.8, 4) is 0 Å². The van der Waals surface area contributed by atoms with Crippen molar-refractivity contribution in [3.63, 3.8) is 0 Å². The molecule has 0 aliphatic carbocycles. The molecule has 0 fully saturated rings. The summed E-state index contributed by atoms with van der Waals surface area (Å²) in [6.45, 7) is 2.60. The van der Waals surface area contributed by atoms with Crippen molar-refractivity contribution in [1.29, 1.82) is 0 Å². The number of thioether (sulfide) groups is 1. The number of oxime groups is 1. The number of hydrogen-bond acceptors (Lipinski definition) is 3. The lowest BCUT2D eigenvalue weighted by molar-refractivity contribution is 0.156. The van der Waals surface area contributed by atoms with Crippen LogP contribution in [0.25, 0.3) is 0 Å². The number of hydrogen-bond donors (Lipinski definition) is 0. The van der Waals surface area contributed by atoms with Crippen molar-refractivity contribution in [2.24, 2.45) is 5.16 Å². The lowest BCUT2D eigenvalue weighted by Gasteiger charge is -2.12. The Kier molecular flexibility index (Phi) is 2.19. The van der Waals surface area contributed by atoms with Gasteiger partial charge in [0.1, 0.15) is 15.8 Å². The lowest BCUT2D eigenvalue weighted by Crippen LogP contribution is -2.09. The molecule has 0 aromatic rings. The van der Waals surface area contributed by atoms with E-state index < -0.39 is 0 Å². The van der Waals surface area contributed by atoms with Crippen molar-refractivity contribution in [1.82, 2.24) is 0 Å². The first-order chi connectivity index (χ1) is 3.79. The van der Waals surface area contributed by atoms with Crippen LogP contribution in [0.3, 0.4) is 0 Å². The molecule has 1 aliphatic rings. The van der Waals surface area contributed by atoms with E-state index in [0.717, 1.165) is 5.04 Å². The van der Waals surface area contributed by atoms with E-state index in [-0.39, 0.29) is 0 Å². The Morgan fingerprint density at radius 1 is 2.00 bits per heavy atom. The van der Waals surface area contributed by atoms with Crippen LogP contribution in [0.1, 0.15) is 6.92 Å². The van der Waals surface area contributed by atoms with E-state index in [4.69, 9.17) is 4.84 Å². The SMILES string of the molecule is CC1=NOCC(Br)S1. The van der Waals surface area contributed by atoms with Gasteiger partial charge < -0.3 is 4.84 Å². The van der Waals surface area contributed by atoms with Crippen molar-refractivity contribution in [2.75, 3.05) is 6.61 Å². The minimum absolute atomic E-state index is 0.389. The molecule has 46 valence electrons. The summed E-state index contributed by atoms with van der Waals surface area (Å²) in [6.07, 6.45) is 0. The van der Waals surface area contributed by atoms with Crippen molar-refractivity contribution >= 4 is 32.7 Å². The molecule has 8 heavy (non-hydrogen) atoms. The maximum Gasteiger partial charge on any atom is 0.139 e. The molecule has 2 nitrogen and oxygen atoms in total. The number of halogens is 1. The lowest BCUT2D eigenvalue weighted by atomic mass is 10.8. The minimum atomic E-state index is 0.389. The summed E-state index contributed by atoms with van der Waals surface area (Å²) in [5, 5.41) is 4.71. The van der Waals surface area contributed by atoms with E-state index >= 15 is 0 Å². The summed E-state index contributed by atoms with van der Waals surface area (Å²) in [4.78, 5) is 4.81. The average Bonchev–Trinajstić information content (AvgIpc) is 1.64. The summed E-state index contributed by atoms with van der Waals surface area (Å²) in [6, 6.07) is 0. The number of rotatable bonds is 0. The van der Waals surface area contributed by atoms with Crippen LogP contribution in [0.4, 0.5) is 0 Å². The van der Waals surface area contributed by atoms with Gasteiger partial charge in [-0.3, -0.25) is 0 Å². The molecular formula is C4H6BrNOS. The van der Waals surface area contributed by atoms with Crippen molar-refractivity contribution in [2.45, 2.75) is 11.1 Å². The van der Waals surface area contributed by atoms with Crippen LogP contribution in [0.2, 0.25) is 0 Å². The van der Waals surface area contributed by atoms with Crippen LogP contribution in [0.5, 0.6) is 0 Å². The molecule has 4 heteroatoms. The first-order valence-electron chi connectivity index (χ1n) is 2.26. The Labute approximate surface area is 60.8 Å². The molecule has 0 aromatic carbocycles. The monoisotopic (exact) mass is 195 g/mol. The summed E-state index contributed by atoms with van der Waals surface area (Å²) in [5.74, 6) is 0. The summed E-state index contributed by atoms with van der Waals surface area (Å²) < 4.78 is 0.389. The van der Waals surface area contributed by atoms with E-state index in [9.17, 15) is 0 Å². The van der Waals surface area contributed by atoms with E-state index in [1.54, 1.807) is 11.8 Å². The molecule has 1 rings (SSSR count). The summed E-state index contributed by atoms with van der Waals surface area (Å²) in [7, 11) is 0. The predicted octanol–water partition coefficient (Wildman–Crippen LogP) is 1.80. The van der Waals surface area contributed by atoms with Gasteiger partial charge in [-0.1, -0.05) is 32.8 Å². The number of nitrogens with zero attached hydrogens (tertiary/aromatic N) is 1. The molecule has 0 saturated carbocycles. The van der Waals surface area contributed by atoms with Gasteiger partial charge >= 0.3 is 0 Å². The molecule has 0 spiro atoms. The van der Waals surface area contributed by atoms with Gasteiger partial charge in [0.25, 0.3) is 0 Å². The Morgan fingerprint density at radius 2 is 2.75 bits per heavy atom. The molecule has 1 atom stereocenters. The molecule has 0 amide bonds. The van der Waals surface area contributed by atoms with Gasteiger partial charge in [-0.25, -0.2) is 0 Å². The first kappa shape index (κ1) is 6.42. The zero-order valence-electron chi connectivity index (χ0n) is 4.43. The molecule has 0 saturated heterocycles. The van der Waals surface area contributed by atoms with Crippen LogP contribution < -0.4 is 0 Å². The highest BCUT2D eigenvalue weighted by Gasteiger charge is 2.11. The van der Waals surface area contributed by atoms with Crippen molar-refractivity contribution < 1.29 is 4.84 Å². The third-order valence-electron chi connectivity index (χ3n) is 0.697. The molecular weight excluding hydrogens is 190 g/mol. The smallest absolute Gasteiger partial charge is 0.139 e. The number of alkyl halides is 1. The summed E-state index contributed by atoms with van der Waals surface area (Å²) in [5.41, 5.74) is 0. The van der Waals surface area contributed by atoms with Crippen LogP contribution in [0, 0.1) is 0 Å². The van der Waals surface area contributed by atoms with Gasteiger partial charge in [-0.15, -0.1) is 0 Å². The Balaban J connectivity index is 2.45. The third kappa shape index (κ3) is 1.67. The fourth-order valence-corrected chi connectivity index (χ4v) is 1.95. The second-order valence-corrected chi connectivity index (χ2v) is 4.54. The molecule has 0 radical (unpaired) electrons. The average molecular weight is 196 g/mol. The van der Waals surface area contributed by atoms with Crippen LogP contribution in [0.15, 0.2) is 5.16 Å². The highest BCUT2D eigenvalue weighted by atomic mass is 79.9. The molecule has 0 N–H and O–H groups in total. The van der Waals surface area contributed by atoms with Gasteiger partial charge in [-0.05, 0) is 6.92 Å². The largest absolute Gasteiger partial charge is 0.393 e. The van der Waals surface area contributed by atoms with Crippen molar-refractivity contribution in [3.05, 3.63) is 0 Å². The summed E-state index contributed by atoms with van der Waals surface area (Å²) >= 11 is 5.07. The van der Waals surface area contributed by atoms with Crippen LogP contribution in [-0.2, 0) is 4.84 Å². The quantitative estimate of drug-likeness (QED) is 0.551. The topological polar surface area (TPSA) is 21.6 Å².